The average molecular weight is 425 g/mol. The lowest BCUT2D eigenvalue weighted by molar-refractivity contribution is -0.0191. The molecular weight excluding hydrogens is 407 g/mol. The van der Waals surface area contributed by atoms with E-state index in [4.69, 9.17) is 37.8 Å². The lowest BCUT2D eigenvalue weighted by Crippen LogP contribution is -2.33. The van der Waals surface area contributed by atoms with E-state index in [0.717, 1.165) is 40.3 Å². The van der Waals surface area contributed by atoms with Gasteiger partial charge in [0.15, 0.2) is 0 Å². The molecule has 2 aliphatic rings. The third-order valence-electron chi connectivity index (χ3n) is 5.32. The van der Waals surface area contributed by atoms with E-state index in [2.05, 4.69) is 6.07 Å². The van der Waals surface area contributed by atoms with Gasteiger partial charge in [-0.15, -0.1) is 0 Å². The highest BCUT2D eigenvalue weighted by atomic mass is 35.5. The summed E-state index contributed by atoms with van der Waals surface area (Å²) >= 11 is 12.5. The quantitative estimate of drug-likeness (QED) is 0.498. The summed E-state index contributed by atoms with van der Waals surface area (Å²) in [5.74, 6) is 1.66. The summed E-state index contributed by atoms with van der Waals surface area (Å²) in [6, 6.07) is 21.6. The van der Waals surface area contributed by atoms with Crippen molar-refractivity contribution in [1.82, 2.24) is 5.01 Å². The molecule has 5 rings (SSSR count). The number of hydrazone groups is 1. The first kappa shape index (κ1) is 18.3. The molecule has 4 nitrogen and oxygen atoms in total. The van der Waals surface area contributed by atoms with Gasteiger partial charge in [-0.05, 0) is 30.3 Å². The second kappa shape index (κ2) is 7.29. The van der Waals surface area contributed by atoms with E-state index in [1.807, 2.05) is 59.6 Å². The minimum atomic E-state index is -0.353. The number of ether oxygens (including phenoxy) is 2. The Hall–Kier alpha value is -2.69. The molecule has 6 heteroatoms. The minimum absolute atomic E-state index is 0.0675. The van der Waals surface area contributed by atoms with Crippen LogP contribution in [-0.4, -0.2) is 17.8 Å². The van der Waals surface area contributed by atoms with Crippen LogP contribution in [0, 0.1) is 0 Å². The van der Waals surface area contributed by atoms with Gasteiger partial charge in [-0.1, -0.05) is 59.6 Å². The summed E-state index contributed by atoms with van der Waals surface area (Å²) in [5, 5.41) is 8.17. The molecule has 2 aliphatic heterocycles. The van der Waals surface area contributed by atoms with Crippen molar-refractivity contribution < 1.29 is 9.47 Å². The molecule has 2 heterocycles. The van der Waals surface area contributed by atoms with Crippen LogP contribution >= 0.6 is 23.2 Å². The Morgan fingerprint density at radius 2 is 1.90 bits per heavy atom. The number of hydrogen-bond acceptors (Lipinski definition) is 4. The van der Waals surface area contributed by atoms with Crippen molar-refractivity contribution in [2.24, 2.45) is 5.10 Å². The molecule has 0 spiro atoms. The molecule has 0 amide bonds. The fourth-order valence-corrected chi connectivity index (χ4v) is 4.45. The number of halogens is 2. The zero-order valence-electron chi connectivity index (χ0n) is 15.7. The molecule has 2 atom stereocenters. The van der Waals surface area contributed by atoms with E-state index in [9.17, 15) is 0 Å². The molecule has 146 valence electrons. The Bertz CT molecular complexity index is 1120. The fourth-order valence-electron chi connectivity index (χ4n) is 3.94. The third-order valence-corrected chi connectivity index (χ3v) is 5.87. The largest absolute Gasteiger partial charge is 0.497 e. The highest BCUT2D eigenvalue weighted by Crippen LogP contribution is 2.48. The van der Waals surface area contributed by atoms with E-state index >= 15 is 0 Å². The first-order valence-electron chi connectivity index (χ1n) is 9.35. The molecule has 0 bridgehead atoms. The molecule has 0 aliphatic carbocycles. The highest BCUT2D eigenvalue weighted by Gasteiger charge is 2.41. The number of rotatable bonds is 3. The van der Waals surface area contributed by atoms with Crippen molar-refractivity contribution in [2.45, 2.75) is 18.7 Å². The second-order valence-corrected chi connectivity index (χ2v) is 7.90. The fraction of sp³-hybridized carbons (Fsp3) is 0.174. The van der Waals surface area contributed by atoms with Crippen LogP contribution in [0.1, 0.15) is 35.4 Å². The molecule has 0 aromatic heterocycles. The maximum Gasteiger partial charge on any atom is 0.214 e. The molecular formula is C23H18Cl2N2O2. The van der Waals surface area contributed by atoms with Gasteiger partial charge in [0.25, 0.3) is 0 Å². The summed E-state index contributed by atoms with van der Waals surface area (Å²) in [7, 11) is 1.66. The van der Waals surface area contributed by atoms with E-state index in [0.29, 0.717) is 10.0 Å². The Balaban J connectivity index is 1.60. The van der Waals surface area contributed by atoms with Gasteiger partial charge in [0.1, 0.15) is 11.5 Å². The van der Waals surface area contributed by atoms with Gasteiger partial charge in [-0.3, -0.25) is 0 Å². The lowest BCUT2D eigenvalue weighted by atomic mass is 9.96. The second-order valence-electron chi connectivity index (χ2n) is 7.06. The van der Waals surface area contributed by atoms with Gasteiger partial charge in [-0.2, -0.15) is 5.10 Å². The number of nitrogens with zero attached hydrogens (tertiary/aromatic N) is 2. The van der Waals surface area contributed by atoms with Gasteiger partial charge in [0.2, 0.25) is 6.23 Å². The van der Waals surface area contributed by atoms with Crippen molar-refractivity contribution >= 4 is 28.9 Å². The van der Waals surface area contributed by atoms with Crippen LogP contribution in [0.25, 0.3) is 0 Å². The molecule has 3 aromatic carbocycles. The maximum atomic E-state index is 6.47. The maximum absolute atomic E-state index is 6.47. The van der Waals surface area contributed by atoms with Gasteiger partial charge in [-0.25, -0.2) is 5.01 Å². The van der Waals surface area contributed by atoms with Crippen LogP contribution in [0.4, 0.5) is 0 Å². The Kier molecular flexibility index (Phi) is 4.61. The highest BCUT2D eigenvalue weighted by molar-refractivity contribution is 6.37. The number of benzene rings is 3. The summed E-state index contributed by atoms with van der Waals surface area (Å²) in [5.41, 5.74) is 3.92. The number of methoxy groups -OCH3 is 1. The van der Waals surface area contributed by atoms with E-state index < -0.39 is 0 Å². The Labute approximate surface area is 179 Å². The standard InChI is InChI=1S/C23H18Cl2N2O2/c1-28-16-6-4-5-14(11-16)23-27-21(18-7-2-3-8-22(18)29-23)13-20(26-27)17-10-9-15(24)12-19(17)25/h2-12,21,23H,13H2,1H3/t21-,23+/m1/s1. The third kappa shape index (κ3) is 3.22. The van der Waals surface area contributed by atoms with Crippen molar-refractivity contribution in [3.63, 3.8) is 0 Å². The molecule has 29 heavy (non-hydrogen) atoms. The van der Waals surface area contributed by atoms with Gasteiger partial charge in [0, 0.05) is 28.1 Å². The molecule has 0 N–H and O–H groups in total. The smallest absolute Gasteiger partial charge is 0.214 e. The van der Waals surface area contributed by atoms with Crippen molar-refractivity contribution in [3.8, 4) is 11.5 Å². The van der Waals surface area contributed by atoms with E-state index in [1.165, 1.54) is 0 Å². The summed E-state index contributed by atoms with van der Waals surface area (Å²) in [6.07, 6.45) is 0.385. The van der Waals surface area contributed by atoms with E-state index in [-0.39, 0.29) is 12.3 Å². The van der Waals surface area contributed by atoms with Crippen molar-refractivity contribution in [1.29, 1.82) is 0 Å². The van der Waals surface area contributed by atoms with Crippen molar-refractivity contribution in [3.05, 3.63) is 93.5 Å². The SMILES string of the molecule is COc1cccc([C@@H]2Oc3ccccc3[C@H]3CC(c4ccc(Cl)cc4Cl)=NN32)c1. The minimum Gasteiger partial charge on any atom is -0.497 e. The van der Waals surface area contributed by atoms with Crippen LogP contribution < -0.4 is 9.47 Å². The normalized spacial score (nSPS) is 19.8. The predicted octanol–water partition coefficient (Wildman–Crippen LogP) is 6.24. The molecule has 0 fully saturated rings. The number of para-hydroxylation sites is 1. The molecule has 0 saturated carbocycles. The Morgan fingerprint density at radius 3 is 2.72 bits per heavy atom. The van der Waals surface area contributed by atoms with Crippen LogP contribution in [-0.2, 0) is 0 Å². The summed E-state index contributed by atoms with van der Waals surface area (Å²) in [6.45, 7) is 0. The van der Waals surface area contributed by atoms with Crippen LogP contribution in [0.3, 0.4) is 0 Å². The van der Waals surface area contributed by atoms with Crippen LogP contribution in [0.15, 0.2) is 71.8 Å². The van der Waals surface area contributed by atoms with Crippen LogP contribution in [0.5, 0.6) is 11.5 Å². The molecule has 0 radical (unpaired) electrons. The molecule has 3 aromatic rings. The lowest BCUT2D eigenvalue weighted by Gasteiger charge is -2.38. The van der Waals surface area contributed by atoms with Gasteiger partial charge >= 0.3 is 0 Å². The molecule has 0 saturated heterocycles. The van der Waals surface area contributed by atoms with Crippen molar-refractivity contribution in [2.75, 3.05) is 7.11 Å². The zero-order chi connectivity index (χ0) is 20.0. The van der Waals surface area contributed by atoms with Gasteiger partial charge in [0.05, 0.1) is 23.9 Å². The summed E-state index contributed by atoms with van der Waals surface area (Å²) < 4.78 is 11.8. The monoisotopic (exact) mass is 424 g/mol. The zero-order valence-corrected chi connectivity index (χ0v) is 17.2. The van der Waals surface area contributed by atoms with E-state index in [1.54, 1.807) is 13.2 Å². The van der Waals surface area contributed by atoms with Crippen LogP contribution in [0.2, 0.25) is 10.0 Å². The summed E-state index contributed by atoms with van der Waals surface area (Å²) in [4.78, 5) is 0. The number of fused-ring (bicyclic) bond motifs is 3. The topological polar surface area (TPSA) is 34.1 Å². The predicted molar refractivity (Wildman–Crippen MR) is 115 cm³/mol. The molecule has 0 unspecified atom stereocenters. The Morgan fingerprint density at radius 1 is 1.03 bits per heavy atom. The average Bonchev–Trinajstić information content (AvgIpc) is 3.18. The first-order valence-corrected chi connectivity index (χ1v) is 10.1. The first-order chi connectivity index (χ1) is 14.1. The number of hydrogen-bond donors (Lipinski definition) is 0. The van der Waals surface area contributed by atoms with Gasteiger partial charge < -0.3 is 9.47 Å².